The minimum Gasteiger partial charge on any atom is -0.459 e. The van der Waals surface area contributed by atoms with E-state index < -0.39 is 0 Å². The van der Waals surface area contributed by atoms with Crippen LogP contribution in [0.1, 0.15) is 24.3 Å². The number of furan rings is 1. The van der Waals surface area contributed by atoms with E-state index in [-0.39, 0.29) is 0 Å². The molecule has 0 aromatic carbocycles. The van der Waals surface area contributed by atoms with E-state index in [1.807, 2.05) is 19.1 Å². The molecule has 2 aromatic rings. The molecule has 0 amide bonds. The molecule has 5 nitrogen and oxygen atoms in total. The highest BCUT2D eigenvalue weighted by molar-refractivity contribution is 5.44. The summed E-state index contributed by atoms with van der Waals surface area (Å²) in [6, 6.07) is 3.68. The number of hydrogen-bond donors (Lipinski definition) is 1. The SMILES string of the molecule is Cc1oc(-c2ccco2)nc1CN1CCC(CO)CC1. The van der Waals surface area contributed by atoms with Crippen LogP contribution >= 0.6 is 0 Å². The molecular formula is C15H20N2O3. The highest BCUT2D eigenvalue weighted by Gasteiger charge is 2.21. The van der Waals surface area contributed by atoms with Crippen molar-refractivity contribution in [1.29, 1.82) is 0 Å². The van der Waals surface area contributed by atoms with Crippen LogP contribution in [0.25, 0.3) is 11.7 Å². The first-order valence-electron chi connectivity index (χ1n) is 7.09. The molecule has 0 bridgehead atoms. The molecule has 3 rings (SSSR count). The average Bonchev–Trinajstić information content (AvgIpc) is 3.10. The van der Waals surface area contributed by atoms with Crippen molar-refractivity contribution in [2.24, 2.45) is 5.92 Å². The van der Waals surface area contributed by atoms with E-state index in [1.54, 1.807) is 6.26 Å². The molecule has 0 unspecified atom stereocenters. The Morgan fingerprint density at radius 2 is 2.20 bits per heavy atom. The Balaban J connectivity index is 1.66. The second-order valence-corrected chi connectivity index (χ2v) is 5.40. The number of aromatic nitrogens is 1. The molecule has 3 heterocycles. The van der Waals surface area contributed by atoms with Gasteiger partial charge in [0, 0.05) is 13.2 Å². The van der Waals surface area contributed by atoms with E-state index in [0.717, 1.165) is 43.9 Å². The predicted octanol–water partition coefficient (Wildman–Crippen LogP) is 2.45. The third-order valence-corrected chi connectivity index (χ3v) is 3.96. The van der Waals surface area contributed by atoms with Crippen molar-refractivity contribution in [1.82, 2.24) is 9.88 Å². The molecule has 0 radical (unpaired) electrons. The molecule has 20 heavy (non-hydrogen) atoms. The van der Waals surface area contributed by atoms with Gasteiger partial charge in [0.15, 0.2) is 5.76 Å². The summed E-state index contributed by atoms with van der Waals surface area (Å²) < 4.78 is 11.0. The first-order chi connectivity index (χ1) is 9.76. The van der Waals surface area contributed by atoms with Gasteiger partial charge in [-0.2, -0.15) is 0 Å². The summed E-state index contributed by atoms with van der Waals surface area (Å²) in [5.41, 5.74) is 0.971. The lowest BCUT2D eigenvalue weighted by atomic mass is 9.98. The van der Waals surface area contributed by atoms with Gasteiger partial charge in [-0.25, -0.2) is 4.98 Å². The molecule has 0 aliphatic carbocycles. The van der Waals surface area contributed by atoms with Gasteiger partial charge in [0.1, 0.15) is 5.76 Å². The topological polar surface area (TPSA) is 62.6 Å². The minimum absolute atomic E-state index is 0.305. The number of hydrogen-bond acceptors (Lipinski definition) is 5. The summed E-state index contributed by atoms with van der Waals surface area (Å²) in [5, 5.41) is 9.16. The fourth-order valence-electron chi connectivity index (χ4n) is 2.62. The zero-order valence-electron chi connectivity index (χ0n) is 11.7. The third kappa shape index (κ3) is 2.78. The van der Waals surface area contributed by atoms with E-state index >= 15 is 0 Å². The van der Waals surface area contributed by atoms with Gasteiger partial charge in [-0.15, -0.1) is 0 Å². The van der Waals surface area contributed by atoms with Crippen LogP contribution in [0.2, 0.25) is 0 Å². The Morgan fingerprint density at radius 3 is 2.85 bits per heavy atom. The fourth-order valence-corrected chi connectivity index (χ4v) is 2.62. The Kier molecular flexibility index (Phi) is 3.89. The van der Waals surface area contributed by atoms with Gasteiger partial charge < -0.3 is 13.9 Å². The maximum absolute atomic E-state index is 9.16. The number of likely N-dealkylation sites (tertiary alicyclic amines) is 1. The van der Waals surface area contributed by atoms with Crippen LogP contribution in [-0.2, 0) is 6.54 Å². The van der Waals surface area contributed by atoms with Crippen molar-refractivity contribution in [2.45, 2.75) is 26.3 Å². The number of rotatable bonds is 4. The molecule has 0 spiro atoms. The van der Waals surface area contributed by atoms with Crippen LogP contribution in [0, 0.1) is 12.8 Å². The molecule has 2 aromatic heterocycles. The zero-order valence-corrected chi connectivity index (χ0v) is 11.7. The average molecular weight is 276 g/mol. The maximum Gasteiger partial charge on any atom is 0.263 e. The highest BCUT2D eigenvalue weighted by atomic mass is 16.4. The third-order valence-electron chi connectivity index (χ3n) is 3.96. The van der Waals surface area contributed by atoms with Crippen LogP contribution < -0.4 is 0 Å². The molecule has 1 fully saturated rings. The monoisotopic (exact) mass is 276 g/mol. The molecule has 0 atom stereocenters. The zero-order chi connectivity index (χ0) is 13.9. The molecule has 108 valence electrons. The lowest BCUT2D eigenvalue weighted by molar-refractivity contribution is 0.126. The Bertz CT molecular complexity index is 539. The second kappa shape index (κ2) is 5.81. The molecule has 1 N–H and O–H groups in total. The van der Waals surface area contributed by atoms with Crippen molar-refractivity contribution in [2.75, 3.05) is 19.7 Å². The van der Waals surface area contributed by atoms with Gasteiger partial charge in [0.25, 0.3) is 5.89 Å². The number of piperidine rings is 1. The van der Waals surface area contributed by atoms with Crippen LogP contribution in [0.3, 0.4) is 0 Å². The second-order valence-electron chi connectivity index (χ2n) is 5.40. The van der Waals surface area contributed by atoms with Crippen LogP contribution in [0.5, 0.6) is 0 Å². The predicted molar refractivity (Wildman–Crippen MR) is 74.0 cm³/mol. The summed E-state index contributed by atoms with van der Waals surface area (Å²) in [4.78, 5) is 6.90. The summed E-state index contributed by atoms with van der Waals surface area (Å²) in [6.45, 7) is 5.06. The smallest absolute Gasteiger partial charge is 0.263 e. The first-order valence-corrected chi connectivity index (χ1v) is 7.09. The van der Waals surface area contributed by atoms with E-state index in [1.165, 1.54) is 0 Å². The van der Waals surface area contributed by atoms with Gasteiger partial charge in [-0.3, -0.25) is 4.90 Å². The van der Waals surface area contributed by atoms with Gasteiger partial charge in [-0.05, 0) is 50.9 Å². The standard InChI is InChI=1S/C15H20N2O3/c1-11-13(9-17-6-4-12(10-18)5-7-17)16-15(20-11)14-3-2-8-19-14/h2-3,8,12,18H,4-7,9-10H2,1H3. The number of nitrogens with zero attached hydrogens (tertiary/aromatic N) is 2. The lowest BCUT2D eigenvalue weighted by Crippen LogP contribution is -2.34. The van der Waals surface area contributed by atoms with Gasteiger partial charge in [0.2, 0.25) is 0 Å². The van der Waals surface area contributed by atoms with Crippen LogP contribution in [-0.4, -0.2) is 34.7 Å². The molecule has 1 aliphatic rings. The number of oxazole rings is 1. The van der Waals surface area contributed by atoms with Gasteiger partial charge in [-0.1, -0.05) is 0 Å². The number of aliphatic hydroxyl groups excluding tert-OH is 1. The summed E-state index contributed by atoms with van der Waals surface area (Å²) in [5.74, 6) is 2.52. The highest BCUT2D eigenvalue weighted by Crippen LogP contribution is 2.24. The van der Waals surface area contributed by atoms with Crippen molar-refractivity contribution in [3.8, 4) is 11.7 Å². The fraction of sp³-hybridized carbons (Fsp3) is 0.533. The normalized spacial score (nSPS) is 17.7. The van der Waals surface area contributed by atoms with Crippen molar-refractivity contribution >= 4 is 0 Å². The minimum atomic E-state index is 0.305. The largest absolute Gasteiger partial charge is 0.459 e. The van der Waals surface area contributed by atoms with Gasteiger partial charge >= 0.3 is 0 Å². The number of aryl methyl sites for hydroxylation is 1. The maximum atomic E-state index is 9.16. The summed E-state index contributed by atoms with van der Waals surface area (Å²) >= 11 is 0. The van der Waals surface area contributed by atoms with E-state index in [0.29, 0.717) is 24.2 Å². The van der Waals surface area contributed by atoms with Gasteiger partial charge in [0.05, 0.1) is 12.0 Å². The van der Waals surface area contributed by atoms with Crippen molar-refractivity contribution in [3.05, 3.63) is 29.9 Å². The first kappa shape index (κ1) is 13.4. The Hall–Kier alpha value is -1.59. The van der Waals surface area contributed by atoms with Crippen LogP contribution in [0.15, 0.2) is 27.2 Å². The summed E-state index contributed by atoms with van der Waals surface area (Å²) in [7, 11) is 0. The molecule has 0 saturated carbocycles. The molecular weight excluding hydrogens is 256 g/mol. The van der Waals surface area contributed by atoms with Crippen molar-refractivity contribution < 1.29 is 13.9 Å². The van der Waals surface area contributed by atoms with E-state index in [2.05, 4.69) is 9.88 Å². The Morgan fingerprint density at radius 1 is 1.40 bits per heavy atom. The summed E-state index contributed by atoms with van der Waals surface area (Å²) in [6.07, 6.45) is 3.73. The Labute approximate surface area is 118 Å². The molecule has 5 heteroatoms. The number of aliphatic hydroxyl groups is 1. The van der Waals surface area contributed by atoms with Crippen LogP contribution in [0.4, 0.5) is 0 Å². The molecule has 1 aliphatic heterocycles. The molecule has 1 saturated heterocycles. The van der Waals surface area contributed by atoms with E-state index in [4.69, 9.17) is 13.9 Å². The quantitative estimate of drug-likeness (QED) is 0.929. The van der Waals surface area contributed by atoms with Crippen molar-refractivity contribution in [3.63, 3.8) is 0 Å². The lowest BCUT2D eigenvalue weighted by Gasteiger charge is -2.30. The van der Waals surface area contributed by atoms with E-state index in [9.17, 15) is 0 Å².